The summed E-state index contributed by atoms with van der Waals surface area (Å²) in [5, 5.41) is 3.00. The van der Waals surface area contributed by atoms with Crippen LogP contribution in [0.3, 0.4) is 0 Å². The molecule has 0 fully saturated rings. The van der Waals surface area contributed by atoms with E-state index in [2.05, 4.69) is 9.84 Å². The Morgan fingerprint density at radius 1 is 1.69 bits per heavy atom. The lowest BCUT2D eigenvalue weighted by molar-refractivity contribution is 0.119. The van der Waals surface area contributed by atoms with Crippen LogP contribution in [-0.2, 0) is 9.53 Å². The molecule has 0 heterocycles. The molecule has 8 nitrogen and oxygen atoms in total. The molecule has 0 saturated carbocycles. The molecule has 0 aromatic carbocycles. The smallest absolute Gasteiger partial charge is 0.427 e. The largest absolute Gasteiger partial charge is 0.449 e. The van der Waals surface area contributed by atoms with Gasteiger partial charge in [-0.2, -0.15) is 0 Å². The predicted molar refractivity (Wildman–Crippen MR) is 39.7 cm³/mol. The Kier molecular flexibility index (Phi) is 4.67. The van der Waals surface area contributed by atoms with Crippen molar-refractivity contribution in [3.63, 3.8) is 0 Å². The van der Waals surface area contributed by atoms with E-state index in [9.17, 15) is 14.4 Å². The number of rotatable bonds is 2. The first kappa shape index (κ1) is 10.9. The highest BCUT2D eigenvalue weighted by atomic mass is 16.6. The fourth-order valence-electron chi connectivity index (χ4n) is 0.420. The number of carbonyl (C=O) groups is 2. The molecule has 0 radical (unpaired) electrons. The number of hydrogen-bond acceptors (Lipinski definition) is 5. The molecule has 0 aromatic rings. The second kappa shape index (κ2) is 5.56. The lowest BCUT2D eigenvalue weighted by Gasteiger charge is -2.11. The fraction of sp³-hybridized carbons (Fsp3) is 0.400. The van der Waals surface area contributed by atoms with Crippen LogP contribution in [0.5, 0.6) is 0 Å². The molecule has 0 aromatic heterocycles. The maximum atomic E-state index is 10.7. The Morgan fingerprint density at radius 3 is 2.69 bits per heavy atom. The molecule has 13 heavy (non-hydrogen) atoms. The van der Waals surface area contributed by atoms with Crippen LogP contribution in [0, 0.1) is 0 Å². The zero-order valence-corrected chi connectivity index (χ0v) is 6.81. The van der Waals surface area contributed by atoms with E-state index in [0.29, 0.717) is 0 Å². The SMILES string of the molecule is CCOC(=O)NN(N=C=O)C(N)=O. The summed E-state index contributed by atoms with van der Waals surface area (Å²) in [6.45, 7) is 1.68. The third kappa shape index (κ3) is 4.38. The van der Waals surface area contributed by atoms with E-state index >= 15 is 0 Å². The summed E-state index contributed by atoms with van der Waals surface area (Å²) in [4.78, 5) is 30.8. The Bertz CT molecular complexity index is 245. The van der Waals surface area contributed by atoms with Crippen LogP contribution in [0.1, 0.15) is 6.92 Å². The molecule has 0 atom stereocenters. The van der Waals surface area contributed by atoms with Gasteiger partial charge in [-0.1, -0.05) is 5.10 Å². The molecule has 0 rings (SSSR count). The molecule has 0 spiro atoms. The maximum absolute atomic E-state index is 10.7. The third-order valence-corrected chi connectivity index (χ3v) is 0.822. The lowest BCUT2D eigenvalue weighted by Crippen LogP contribution is -2.45. The number of primary amides is 1. The number of urea groups is 1. The van der Waals surface area contributed by atoms with Gasteiger partial charge in [0, 0.05) is 0 Å². The van der Waals surface area contributed by atoms with Crippen molar-refractivity contribution >= 4 is 18.2 Å². The molecular formula is C5H8N4O4. The first-order chi connectivity index (χ1) is 6.11. The minimum Gasteiger partial charge on any atom is -0.449 e. The zero-order chi connectivity index (χ0) is 10.3. The summed E-state index contributed by atoms with van der Waals surface area (Å²) in [5.41, 5.74) is 6.50. The number of carbonyl (C=O) groups excluding carboxylic acids is 3. The summed E-state index contributed by atoms with van der Waals surface area (Å²) >= 11 is 0. The van der Waals surface area contributed by atoms with Crippen molar-refractivity contribution in [3.8, 4) is 0 Å². The molecule has 8 heteroatoms. The average Bonchev–Trinajstić information content (AvgIpc) is 2.04. The summed E-state index contributed by atoms with van der Waals surface area (Å²) in [5.74, 6) is 0. The molecule has 3 amide bonds. The van der Waals surface area contributed by atoms with Gasteiger partial charge in [-0.3, -0.25) is 0 Å². The van der Waals surface area contributed by atoms with Gasteiger partial charge in [0.25, 0.3) is 6.08 Å². The molecular weight excluding hydrogens is 180 g/mol. The molecule has 3 N–H and O–H groups in total. The summed E-state index contributed by atoms with van der Waals surface area (Å²) < 4.78 is 4.38. The van der Waals surface area contributed by atoms with Gasteiger partial charge < -0.3 is 10.5 Å². The topological polar surface area (TPSA) is 114 Å². The van der Waals surface area contributed by atoms with Crippen LogP contribution in [0.15, 0.2) is 5.10 Å². The normalized spacial score (nSPS) is 8.08. The Hall–Kier alpha value is -2.08. The van der Waals surface area contributed by atoms with Gasteiger partial charge in [0.15, 0.2) is 0 Å². The number of nitrogens with one attached hydrogen (secondary N) is 1. The molecule has 0 bridgehead atoms. The Balaban J connectivity index is 4.18. The zero-order valence-electron chi connectivity index (χ0n) is 6.81. The number of ether oxygens (including phenoxy) is 1. The van der Waals surface area contributed by atoms with Crippen LogP contribution in [0.2, 0.25) is 0 Å². The quantitative estimate of drug-likeness (QED) is 0.338. The minimum atomic E-state index is -1.13. The van der Waals surface area contributed by atoms with Crippen molar-refractivity contribution in [2.24, 2.45) is 10.8 Å². The number of hydrogen-bond donors (Lipinski definition) is 2. The van der Waals surface area contributed by atoms with E-state index in [1.165, 1.54) is 0 Å². The van der Waals surface area contributed by atoms with Crippen LogP contribution in [0.4, 0.5) is 9.59 Å². The van der Waals surface area contributed by atoms with Crippen LogP contribution in [0.25, 0.3) is 0 Å². The van der Waals surface area contributed by atoms with Crippen LogP contribution >= 0.6 is 0 Å². The van der Waals surface area contributed by atoms with E-state index in [0.717, 1.165) is 6.08 Å². The second-order valence-corrected chi connectivity index (χ2v) is 1.67. The first-order valence-electron chi connectivity index (χ1n) is 3.22. The number of isocyanates is 1. The van der Waals surface area contributed by atoms with Crippen molar-refractivity contribution in [1.82, 2.24) is 10.5 Å². The van der Waals surface area contributed by atoms with Gasteiger partial charge >= 0.3 is 12.1 Å². The highest BCUT2D eigenvalue weighted by Crippen LogP contribution is 1.84. The van der Waals surface area contributed by atoms with Gasteiger partial charge in [0.05, 0.1) is 6.61 Å². The third-order valence-electron chi connectivity index (χ3n) is 0.822. The molecule has 72 valence electrons. The minimum absolute atomic E-state index is 0.114. The van der Waals surface area contributed by atoms with Crippen molar-refractivity contribution in [2.45, 2.75) is 6.92 Å². The number of hydrazine groups is 1. The van der Waals surface area contributed by atoms with Crippen LogP contribution < -0.4 is 11.2 Å². The molecule has 0 saturated heterocycles. The van der Waals surface area contributed by atoms with Gasteiger partial charge in [-0.15, -0.1) is 5.12 Å². The van der Waals surface area contributed by atoms with Gasteiger partial charge in [0.2, 0.25) is 0 Å². The maximum Gasteiger partial charge on any atom is 0.427 e. The summed E-state index contributed by atoms with van der Waals surface area (Å²) in [7, 11) is 0. The number of amides is 3. The highest BCUT2D eigenvalue weighted by molar-refractivity contribution is 5.76. The summed E-state index contributed by atoms with van der Waals surface area (Å²) in [6, 6.07) is -1.13. The monoisotopic (exact) mass is 188 g/mol. The Labute approximate surface area is 73.3 Å². The van der Waals surface area contributed by atoms with Crippen molar-refractivity contribution in [3.05, 3.63) is 0 Å². The van der Waals surface area contributed by atoms with E-state index in [4.69, 9.17) is 5.73 Å². The number of nitrogens with zero attached hydrogens (tertiary/aromatic N) is 2. The number of nitrogens with two attached hydrogens (primary N) is 1. The predicted octanol–water partition coefficient (Wildman–Crippen LogP) is -0.721. The van der Waals surface area contributed by atoms with Crippen molar-refractivity contribution < 1.29 is 19.1 Å². The van der Waals surface area contributed by atoms with Gasteiger partial charge in [0.1, 0.15) is 0 Å². The first-order valence-corrected chi connectivity index (χ1v) is 3.22. The van der Waals surface area contributed by atoms with Gasteiger partial charge in [-0.05, 0) is 6.92 Å². The Morgan fingerprint density at radius 2 is 2.31 bits per heavy atom. The van der Waals surface area contributed by atoms with E-state index in [1.807, 2.05) is 0 Å². The van der Waals surface area contributed by atoms with Gasteiger partial charge in [-0.25, -0.2) is 19.8 Å². The highest BCUT2D eigenvalue weighted by Gasteiger charge is 2.12. The fourth-order valence-corrected chi connectivity index (χ4v) is 0.420. The summed E-state index contributed by atoms with van der Waals surface area (Å²) in [6.07, 6.45) is 0.0822. The second-order valence-electron chi connectivity index (χ2n) is 1.67. The van der Waals surface area contributed by atoms with E-state index in [-0.39, 0.29) is 11.7 Å². The standard InChI is InChI=1S/C5H8N4O4/c1-2-13-5(12)8-9(4(6)11)7-3-10/h2H2,1H3,(H2,6,11)(H,8,12). The van der Waals surface area contributed by atoms with E-state index < -0.39 is 12.1 Å². The average molecular weight is 188 g/mol. The molecule has 0 aliphatic heterocycles. The van der Waals surface area contributed by atoms with E-state index in [1.54, 1.807) is 12.3 Å². The molecule has 0 unspecified atom stereocenters. The molecule has 0 aliphatic rings. The lowest BCUT2D eigenvalue weighted by atomic mass is 10.9. The van der Waals surface area contributed by atoms with Crippen molar-refractivity contribution in [2.75, 3.05) is 6.61 Å². The van der Waals surface area contributed by atoms with Crippen molar-refractivity contribution in [1.29, 1.82) is 0 Å². The number of hydrazone groups is 1. The van der Waals surface area contributed by atoms with Crippen LogP contribution in [-0.4, -0.2) is 29.9 Å². The molecule has 0 aliphatic carbocycles.